The van der Waals surface area contributed by atoms with Crippen LogP contribution in [0.25, 0.3) is 0 Å². The van der Waals surface area contributed by atoms with E-state index < -0.39 is 17.7 Å². The summed E-state index contributed by atoms with van der Waals surface area (Å²) in [7, 11) is 0. The van der Waals surface area contributed by atoms with Crippen molar-refractivity contribution in [3.63, 3.8) is 0 Å². The molecule has 0 radical (unpaired) electrons. The minimum absolute atomic E-state index is 0.498. The van der Waals surface area contributed by atoms with Crippen LogP contribution in [0.5, 0.6) is 5.75 Å². The number of hydrogen-bond acceptors (Lipinski definition) is 5. The Kier molecular flexibility index (Phi) is 4.83. The maximum Gasteiger partial charge on any atom is 0.341 e. The number of rotatable bonds is 6. The number of amidine groups is 1. The van der Waals surface area contributed by atoms with Crippen LogP contribution in [-0.4, -0.2) is 35.2 Å². The first-order chi connectivity index (χ1) is 13.3. The van der Waals surface area contributed by atoms with Crippen LogP contribution in [0, 0.1) is 11.3 Å². The second kappa shape index (κ2) is 7.04. The van der Waals surface area contributed by atoms with E-state index in [1.54, 1.807) is 0 Å². The van der Waals surface area contributed by atoms with Gasteiger partial charge in [-0.3, -0.25) is 9.83 Å². The largest absolute Gasteiger partial charge is 0.486 e. The fraction of sp³-hybridized carbons (Fsp3) is 0.619. The molecule has 2 unspecified atom stereocenters. The van der Waals surface area contributed by atoms with E-state index in [0.717, 1.165) is 17.7 Å². The molecule has 7 heteroatoms. The highest BCUT2D eigenvalue weighted by Gasteiger charge is 2.48. The van der Waals surface area contributed by atoms with Crippen LogP contribution in [-0.2, 0) is 16.1 Å². The number of carboxylic acid groups (broad SMARTS) is 1. The van der Waals surface area contributed by atoms with Crippen LogP contribution in [0.4, 0.5) is 0 Å². The third-order valence-corrected chi connectivity index (χ3v) is 6.96. The van der Waals surface area contributed by atoms with Crippen LogP contribution < -0.4 is 16.4 Å². The maximum absolute atomic E-state index is 11.5. The van der Waals surface area contributed by atoms with Crippen molar-refractivity contribution in [2.45, 2.75) is 63.6 Å². The van der Waals surface area contributed by atoms with E-state index in [1.807, 2.05) is 18.2 Å². The molecule has 1 aromatic rings. The van der Waals surface area contributed by atoms with Crippen LogP contribution in [0.2, 0.25) is 0 Å². The summed E-state index contributed by atoms with van der Waals surface area (Å²) < 4.78 is 5.88. The summed E-state index contributed by atoms with van der Waals surface area (Å²) in [6.07, 6.45) is 7.28. The van der Waals surface area contributed by atoms with E-state index in [2.05, 4.69) is 4.99 Å². The fourth-order valence-electron chi connectivity index (χ4n) is 4.90. The fourth-order valence-corrected chi connectivity index (χ4v) is 4.90. The van der Waals surface area contributed by atoms with Gasteiger partial charge >= 0.3 is 5.97 Å². The molecule has 152 valence electrons. The highest BCUT2D eigenvalue weighted by atomic mass is 16.7. The number of aryl methyl sites for hydroxylation is 1. The monoisotopic (exact) mass is 387 g/mol. The minimum atomic E-state index is -1.59. The number of aliphatic carboxylic acids is 1. The molecule has 2 atom stereocenters. The molecule has 1 aliphatic heterocycles. The molecule has 28 heavy (non-hydrogen) atoms. The molecule has 0 amide bonds. The predicted octanol–water partition coefficient (Wildman–Crippen LogP) is 2.40. The molecule has 4 rings (SSSR count). The molecule has 1 spiro atoms. The first-order valence-electron chi connectivity index (χ1n) is 10.1. The Morgan fingerprint density at radius 3 is 2.79 bits per heavy atom. The molecule has 2 aliphatic carbocycles. The van der Waals surface area contributed by atoms with Crippen LogP contribution in [0.3, 0.4) is 0 Å². The van der Waals surface area contributed by atoms with Crippen LogP contribution >= 0.6 is 0 Å². The zero-order valence-electron chi connectivity index (χ0n) is 16.3. The zero-order valence-corrected chi connectivity index (χ0v) is 16.3. The number of benzene rings is 1. The number of carbonyl (C=O) groups is 1. The molecular weight excluding hydrogens is 358 g/mol. The molecule has 5 N–H and O–H groups in total. The van der Waals surface area contributed by atoms with Gasteiger partial charge < -0.3 is 15.6 Å². The van der Waals surface area contributed by atoms with E-state index in [1.165, 1.54) is 39.0 Å². The Morgan fingerprint density at radius 2 is 2.18 bits per heavy atom. The molecule has 0 aromatic heterocycles. The Bertz CT molecular complexity index is 797. The Hall–Kier alpha value is -2.12. The van der Waals surface area contributed by atoms with E-state index >= 15 is 0 Å². The van der Waals surface area contributed by atoms with Gasteiger partial charge in [0.1, 0.15) is 17.7 Å². The smallest absolute Gasteiger partial charge is 0.341 e. The average molecular weight is 387 g/mol. The van der Waals surface area contributed by atoms with Crippen molar-refractivity contribution in [1.82, 2.24) is 0 Å². The molecule has 1 aromatic carbocycles. The number of ether oxygens (including phenoxy) is 1. The zero-order chi connectivity index (χ0) is 19.9. The summed E-state index contributed by atoms with van der Waals surface area (Å²) in [6, 6.07) is 5.68. The summed E-state index contributed by atoms with van der Waals surface area (Å²) in [5.74, 6) is 5.96. The van der Waals surface area contributed by atoms with Crippen LogP contribution in [0.15, 0.2) is 23.2 Å². The lowest BCUT2D eigenvalue weighted by atomic mass is 9.52. The lowest BCUT2D eigenvalue weighted by Crippen LogP contribution is -2.54. The second-order valence-corrected chi connectivity index (χ2v) is 8.85. The van der Waals surface area contributed by atoms with Crippen molar-refractivity contribution < 1.29 is 19.5 Å². The van der Waals surface area contributed by atoms with Gasteiger partial charge in [0.05, 0.1) is 0 Å². The molecule has 0 bridgehead atoms. The molecule has 2 saturated carbocycles. The van der Waals surface area contributed by atoms with Crippen molar-refractivity contribution in [3.05, 3.63) is 29.3 Å². The SMILES string of the molecule is CC(ON)(C(=O)O)C1CCc2cc(C(N)=NCC3CC4(CCC4)C3)ccc2O1. The van der Waals surface area contributed by atoms with Gasteiger partial charge in [0.2, 0.25) is 5.60 Å². The Balaban J connectivity index is 1.40. The standard InChI is InChI=1S/C21H29N3O4/c1-20(28-23,19(25)26)17-6-4-14-9-15(3-5-16(14)27-17)18(22)24-12-13-10-21(11-13)7-2-8-21/h3,5,9,13,17H,2,4,6-8,10-12,23H2,1H3,(H2,22,24)(H,25,26). The predicted molar refractivity (Wildman–Crippen MR) is 105 cm³/mol. The molecule has 3 aliphatic rings. The molecular formula is C21H29N3O4. The van der Waals surface area contributed by atoms with Gasteiger partial charge in [-0.15, -0.1) is 0 Å². The number of carboxylic acids is 1. The summed E-state index contributed by atoms with van der Waals surface area (Å²) in [4.78, 5) is 20.9. The topological polar surface area (TPSA) is 120 Å². The number of fused-ring (bicyclic) bond motifs is 1. The van der Waals surface area contributed by atoms with E-state index in [9.17, 15) is 9.90 Å². The summed E-state index contributed by atoms with van der Waals surface area (Å²) in [5, 5.41) is 9.41. The summed E-state index contributed by atoms with van der Waals surface area (Å²) in [6.45, 7) is 2.23. The van der Waals surface area contributed by atoms with Gasteiger partial charge in [-0.2, -0.15) is 0 Å². The second-order valence-electron chi connectivity index (χ2n) is 8.85. The lowest BCUT2D eigenvalue weighted by Gasteiger charge is -2.54. The molecule has 1 heterocycles. The number of nitrogens with zero attached hydrogens (tertiary/aromatic N) is 1. The highest BCUT2D eigenvalue weighted by molar-refractivity contribution is 5.97. The van der Waals surface area contributed by atoms with Crippen molar-refractivity contribution in [2.75, 3.05) is 6.54 Å². The number of aliphatic imine (C=N–C) groups is 1. The van der Waals surface area contributed by atoms with E-state index in [4.69, 9.17) is 21.2 Å². The first kappa shape index (κ1) is 19.2. The summed E-state index contributed by atoms with van der Waals surface area (Å²) >= 11 is 0. The Morgan fingerprint density at radius 1 is 1.43 bits per heavy atom. The van der Waals surface area contributed by atoms with Crippen LogP contribution in [0.1, 0.15) is 56.6 Å². The third kappa shape index (κ3) is 3.26. The molecule has 7 nitrogen and oxygen atoms in total. The quantitative estimate of drug-likeness (QED) is 0.392. The maximum atomic E-state index is 11.5. The molecule has 0 saturated heterocycles. The number of nitrogens with two attached hydrogens (primary N) is 2. The lowest BCUT2D eigenvalue weighted by molar-refractivity contribution is -0.179. The van der Waals surface area contributed by atoms with Gasteiger partial charge in [-0.25, -0.2) is 10.7 Å². The van der Waals surface area contributed by atoms with E-state index in [-0.39, 0.29) is 0 Å². The highest BCUT2D eigenvalue weighted by Crippen LogP contribution is 2.58. The molecule has 2 fully saturated rings. The number of hydrogen-bond donors (Lipinski definition) is 3. The third-order valence-electron chi connectivity index (χ3n) is 6.96. The van der Waals surface area contributed by atoms with Crippen molar-refractivity contribution >= 4 is 11.8 Å². The van der Waals surface area contributed by atoms with Crippen molar-refractivity contribution in [1.29, 1.82) is 0 Å². The van der Waals surface area contributed by atoms with Gasteiger partial charge in [-0.1, -0.05) is 6.42 Å². The van der Waals surface area contributed by atoms with Gasteiger partial charge in [0.25, 0.3) is 0 Å². The van der Waals surface area contributed by atoms with Gasteiger partial charge in [-0.05, 0) is 80.5 Å². The minimum Gasteiger partial charge on any atom is -0.486 e. The van der Waals surface area contributed by atoms with Gasteiger partial charge in [0.15, 0.2) is 0 Å². The van der Waals surface area contributed by atoms with Gasteiger partial charge in [0, 0.05) is 12.1 Å². The van der Waals surface area contributed by atoms with Crippen molar-refractivity contribution in [2.24, 2.45) is 28.0 Å². The normalized spacial score (nSPS) is 25.8. The first-order valence-corrected chi connectivity index (χ1v) is 10.1. The van der Waals surface area contributed by atoms with Crippen molar-refractivity contribution in [3.8, 4) is 5.75 Å². The Labute approximate surface area is 165 Å². The average Bonchev–Trinajstić information content (AvgIpc) is 2.63. The van der Waals surface area contributed by atoms with E-state index in [0.29, 0.717) is 35.8 Å². The summed E-state index contributed by atoms with van der Waals surface area (Å²) in [5.41, 5.74) is 7.17.